The minimum absolute atomic E-state index is 0. The van der Waals surface area contributed by atoms with Crippen molar-refractivity contribution in [2.75, 3.05) is 0 Å². The summed E-state index contributed by atoms with van der Waals surface area (Å²) in [5.74, 6) is -0.601. The minimum atomic E-state index is -2.33. The third-order valence-corrected chi connectivity index (χ3v) is 1.64. The van der Waals surface area contributed by atoms with E-state index in [1.165, 1.54) is 0 Å². The topological polar surface area (TPSA) is 109 Å². The maximum Gasteiger partial charge on any atom is 1.00 e. The fourth-order valence-corrected chi connectivity index (χ4v) is 1.12. The Bertz CT molecular complexity index is 398. The van der Waals surface area contributed by atoms with E-state index in [4.69, 9.17) is 15.0 Å². The molecule has 1 N–H and O–H groups in total. The van der Waals surface area contributed by atoms with Gasteiger partial charge in [-0.3, -0.25) is 14.9 Å². The van der Waals surface area contributed by atoms with Gasteiger partial charge in [0.25, 0.3) is 11.8 Å². The number of fused-ring (bicyclic) bond motifs is 1. The van der Waals surface area contributed by atoms with Crippen LogP contribution in [0.25, 0.3) is 0 Å². The number of amides is 2. The molecule has 6 nitrogen and oxygen atoms in total. The van der Waals surface area contributed by atoms with Crippen LogP contribution in [0, 0.1) is 0 Å². The van der Waals surface area contributed by atoms with E-state index in [0.717, 1.165) is 0 Å². The number of hydrogen-bond donors (Lipinski definition) is 1. The van der Waals surface area contributed by atoms with Crippen LogP contribution in [0.3, 0.4) is 0 Å². The smallest absolute Gasteiger partial charge is 0.652 e. The van der Waals surface area contributed by atoms with Gasteiger partial charge in [0.15, 0.2) is 0 Å². The maximum absolute atomic E-state index is 10.9. The van der Waals surface area contributed by atoms with Crippen molar-refractivity contribution in [3.63, 3.8) is 0 Å². The molecule has 0 atom stereocenters. The summed E-state index contributed by atoms with van der Waals surface area (Å²) in [5, 5.41) is 18.9. The van der Waals surface area contributed by atoms with Crippen LogP contribution < -0.4 is 118 Å². The number of carboxylic acid groups (broad SMARTS) is 2. The average Bonchev–Trinajstić information content (AvgIpc) is 2.43. The molecule has 1 aromatic rings. The van der Waals surface area contributed by atoms with Crippen LogP contribution in [0.4, 0.5) is 4.79 Å². The van der Waals surface area contributed by atoms with Crippen molar-refractivity contribution < 1.29 is 127 Å². The first-order valence-corrected chi connectivity index (χ1v) is 3.85. The van der Waals surface area contributed by atoms with E-state index in [2.05, 4.69) is 5.32 Å². The van der Waals surface area contributed by atoms with Crippen LogP contribution in [0.5, 0.6) is 0 Å². The molecule has 0 spiro atoms. The maximum atomic E-state index is 10.9. The van der Waals surface area contributed by atoms with Gasteiger partial charge in [0.1, 0.15) is 0 Å². The van der Waals surface area contributed by atoms with Crippen molar-refractivity contribution in [1.82, 2.24) is 5.32 Å². The SMILES string of the molecule is O=C([O-])[O-].O=C1NC(=O)c2ccccc21.[K+].[K+]. The van der Waals surface area contributed by atoms with Crippen molar-refractivity contribution in [2.45, 2.75) is 0 Å². The first-order valence-electron chi connectivity index (χ1n) is 3.85. The second-order valence-electron chi connectivity index (χ2n) is 2.58. The molecule has 0 radical (unpaired) electrons. The third-order valence-electron chi connectivity index (χ3n) is 1.64. The summed E-state index contributed by atoms with van der Waals surface area (Å²) in [7, 11) is 0. The molecule has 17 heavy (non-hydrogen) atoms. The van der Waals surface area contributed by atoms with Gasteiger partial charge in [-0.2, -0.15) is 0 Å². The standard InChI is InChI=1S/C8H5NO2.CH2O3.2K/c10-7-5-3-1-2-4-6(5)8(11)9-7;2-1(3)4;;/h1-4H,(H,9,10,11);(H2,2,3,4);;/q;;2*+1/p-2. The summed E-state index contributed by atoms with van der Waals surface area (Å²) in [4.78, 5) is 30.2. The number of benzene rings is 1. The van der Waals surface area contributed by atoms with Crippen LogP contribution >= 0.6 is 0 Å². The zero-order chi connectivity index (χ0) is 11.4. The normalized spacial score (nSPS) is 10.8. The predicted octanol–water partition coefficient (Wildman–Crippen LogP) is -7.87. The van der Waals surface area contributed by atoms with Crippen LogP contribution in [-0.2, 0) is 0 Å². The minimum Gasteiger partial charge on any atom is -0.652 e. The molecular formula is C9H5K2NO5. The predicted molar refractivity (Wildman–Crippen MR) is 43.6 cm³/mol. The van der Waals surface area contributed by atoms with Crippen LogP contribution in [0.1, 0.15) is 20.7 Å². The molecule has 1 aliphatic heterocycles. The number of rotatable bonds is 0. The van der Waals surface area contributed by atoms with Gasteiger partial charge < -0.3 is 15.0 Å². The summed E-state index contributed by atoms with van der Waals surface area (Å²) >= 11 is 0. The Kier molecular flexibility index (Phi) is 11.6. The van der Waals surface area contributed by atoms with Crippen LogP contribution in [0.15, 0.2) is 24.3 Å². The van der Waals surface area contributed by atoms with Crippen molar-refractivity contribution >= 4 is 18.0 Å². The Balaban J connectivity index is 0. The Labute approximate surface area is 182 Å². The molecule has 8 heteroatoms. The zero-order valence-corrected chi connectivity index (χ0v) is 15.6. The van der Waals surface area contributed by atoms with Gasteiger partial charge in [0.2, 0.25) is 0 Å². The monoisotopic (exact) mass is 285 g/mol. The van der Waals surface area contributed by atoms with E-state index in [9.17, 15) is 9.59 Å². The molecule has 0 fully saturated rings. The van der Waals surface area contributed by atoms with Crippen molar-refractivity contribution in [3.05, 3.63) is 35.4 Å². The van der Waals surface area contributed by atoms with Gasteiger partial charge >= 0.3 is 103 Å². The first-order chi connectivity index (χ1) is 7.02. The second-order valence-corrected chi connectivity index (χ2v) is 2.58. The Morgan fingerprint density at radius 1 is 0.941 bits per heavy atom. The fourth-order valence-electron chi connectivity index (χ4n) is 1.12. The summed E-state index contributed by atoms with van der Waals surface area (Å²) in [6.07, 6.45) is -2.33. The molecule has 0 saturated carbocycles. The fraction of sp³-hybridized carbons (Fsp3) is 0. The quantitative estimate of drug-likeness (QED) is 0.376. The van der Waals surface area contributed by atoms with E-state index < -0.39 is 6.16 Å². The van der Waals surface area contributed by atoms with Crippen molar-refractivity contribution in [2.24, 2.45) is 0 Å². The molecule has 0 bridgehead atoms. The average molecular weight is 285 g/mol. The van der Waals surface area contributed by atoms with E-state index in [1.807, 2.05) is 0 Å². The largest absolute Gasteiger partial charge is 1.00 e. The molecule has 0 unspecified atom stereocenters. The third kappa shape index (κ3) is 6.57. The van der Waals surface area contributed by atoms with E-state index in [0.29, 0.717) is 11.1 Å². The van der Waals surface area contributed by atoms with Gasteiger partial charge in [-0.05, 0) is 18.3 Å². The molecule has 1 aliphatic rings. The Hall–Kier alpha value is 0.903. The van der Waals surface area contributed by atoms with Gasteiger partial charge in [0.05, 0.1) is 11.1 Å². The molecule has 2 rings (SSSR count). The van der Waals surface area contributed by atoms with Crippen LogP contribution in [0.2, 0.25) is 0 Å². The van der Waals surface area contributed by atoms with Crippen molar-refractivity contribution in [3.8, 4) is 0 Å². The Morgan fingerprint density at radius 2 is 1.24 bits per heavy atom. The molecule has 0 saturated heterocycles. The van der Waals surface area contributed by atoms with Gasteiger partial charge in [-0.15, -0.1) is 0 Å². The summed E-state index contributed by atoms with van der Waals surface area (Å²) < 4.78 is 0. The number of carbonyl (C=O) groups is 3. The number of hydrogen-bond acceptors (Lipinski definition) is 5. The molecular weight excluding hydrogens is 280 g/mol. The molecule has 0 aromatic heterocycles. The van der Waals surface area contributed by atoms with Gasteiger partial charge in [-0.25, -0.2) is 0 Å². The molecule has 1 heterocycles. The zero-order valence-electron chi connectivity index (χ0n) is 9.35. The summed E-state index contributed by atoms with van der Waals surface area (Å²) in [5.41, 5.74) is 0.940. The Morgan fingerprint density at radius 3 is 1.53 bits per heavy atom. The van der Waals surface area contributed by atoms with Crippen molar-refractivity contribution in [1.29, 1.82) is 0 Å². The number of carbonyl (C=O) groups excluding carboxylic acids is 3. The number of imide groups is 1. The van der Waals surface area contributed by atoms with Gasteiger partial charge in [-0.1, -0.05) is 12.1 Å². The van der Waals surface area contributed by atoms with E-state index >= 15 is 0 Å². The molecule has 2 amide bonds. The van der Waals surface area contributed by atoms with Gasteiger partial charge in [0, 0.05) is 0 Å². The van der Waals surface area contributed by atoms with Crippen LogP contribution in [-0.4, -0.2) is 18.0 Å². The first kappa shape index (κ1) is 20.2. The molecule has 78 valence electrons. The van der Waals surface area contributed by atoms with E-state index in [1.54, 1.807) is 24.3 Å². The summed E-state index contributed by atoms with van der Waals surface area (Å²) in [6, 6.07) is 6.74. The molecule has 1 aromatic carbocycles. The molecule has 0 aliphatic carbocycles. The summed E-state index contributed by atoms with van der Waals surface area (Å²) in [6.45, 7) is 0. The second kappa shape index (κ2) is 9.78. The number of nitrogens with one attached hydrogen (secondary N) is 1. The van der Waals surface area contributed by atoms with E-state index in [-0.39, 0.29) is 115 Å².